The van der Waals surface area contributed by atoms with Gasteiger partial charge in [-0.1, -0.05) is 55.5 Å². The van der Waals surface area contributed by atoms with Crippen LogP contribution in [0.25, 0.3) is 0 Å². The number of benzene rings is 3. The van der Waals surface area contributed by atoms with Crippen LogP contribution in [-0.4, -0.2) is 17.4 Å². The standard InChI is InChI=1S/C25H25NO3.C4H11N/c1-19(16-17-21-10-9-15-24(18-21)29-20(2)27)25(28)26(22-11-5-3-6-12-22)23-13-7-4-8-14-23;1-4(2,3)5/h3-15,18-19H,16-17H2,1-2H3;5H2,1-3H3. The first-order valence-corrected chi connectivity index (χ1v) is 11.5. The number of esters is 1. The van der Waals surface area contributed by atoms with Crippen LogP contribution in [0.4, 0.5) is 11.4 Å². The lowest BCUT2D eigenvalue weighted by atomic mass is 9.99. The number of aryl methyl sites for hydroxylation is 1. The molecule has 34 heavy (non-hydrogen) atoms. The van der Waals surface area contributed by atoms with Crippen LogP contribution < -0.4 is 15.4 Å². The van der Waals surface area contributed by atoms with E-state index in [0.29, 0.717) is 12.2 Å². The molecule has 3 aromatic rings. The number of hydrogen-bond donors (Lipinski definition) is 1. The molecule has 180 valence electrons. The molecule has 1 amide bonds. The van der Waals surface area contributed by atoms with Gasteiger partial charge in [0.15, 0.2) is 0 Å². The van der Waals surface area contributed by atoms with Crippen molar-refractivity contribution in [1.29, 1.82) is 0 Å². The minimum Gasteiger partial charge on any atom is -0.427 e. The number of anilines is 2. The molecule has 3 aromatic carbocycles. The van der Waals surface area contributed by atoms with E-state index in [4.69, 9.17) is 10.5 Å². The van der Waals surface area contributed by atoms with Crippen LogP contribution in [-0.2, 0) is 16.0 Å². The number of hydrogen-bond acceptors (Lipinski definition) is 4. The van der Waals surface area contributed by atoms with Gasteiger partial charge >= 0.3 is 5.97 Å². The van der Waals surface area contributed by atoms with Crippen molar-refractivity contribution in [3.8, 4) is 5.75 Å². The molecule has 1 atom stereocenters. The average molecular weight is 461 g/mol. The van der Waals surface area contributed by atoms with E-state index < -0.39 is 0 Å². The lowest BCUT2D eigenvalue weighted by Crippen LogP contribution is -2.31. The smallest absolute Gasteiger partial charge is 0.308 e. The number of para-hydroxylation sites is 2. The van der Waals surface area contributed by atoms with Crippen molar-refractivity contribution in [3.63, 3.8) is 0 Å². The summed E-state index contributed by atoms with van der Waals surface area (Å²) in [6.45, 7) is 9.24. The highest BCUT2D eigenvalue weighted by Crippen LogP contribution is 2.28. The first-order chi connectivity index (χ1) is 16.0. The Morgan fingerprint density at radius 3 is 1.85 bits per heavy atom. The summed E-state index contributed by atoms with van der Waals surface area (Å²) in [6.07, 6.45) is 1.41. The third-order valence-corrected chi connectivity index (χ3v) is 4.70. The predicted molar refractivity (Wildman–Crippen MR) is 139 cm³/mol. The molecule has 1 unspecified atom stereocenters. The normalized spacial score (nSPS) is 11.6. The van der Waals surface area contributed by atoms with E-state index in [1.54, 1.807) is 11.0 Å². The summed E-state index contributed by atoms with van der Waals surface area (Å²) < 4.78 is 5.15. The Kier molecular flexibility index (Phi) is 10.0. The van der Waals surface area contributed by atoms with Crippen molar-refractivity contribution in [2.75, 3.05) is 4.90 Å². The zero-order valence-electron chi connectivity index (χ0n) is 20.8. The monoisotopic (exact) mass is 460 g/mol. The Hall–Kier alpha value is -3.44. The van der Waals surface area contributed by atoms with Gasteiger partial charge in [-0.05, 0) is 75.6 Å². The summed E-state index contributed by atoms with van der Waals surface area (Å²) in [7, 11) is 0. The summed E-state index contributed by atoms with van der Waals surface area (Å²) in [6, 6.07) is 26.8. The van der Waals surface area contributed by atoms with Crippen LogP contribution in [0.3, 0.4) is 0 Å². The van der Waals surface area contributed by atoms with Crippen LogP contribution in [0.5, 0.6) is 5.75 Å². The molecule has 0 saturated carbocycles. The minimum absolute atomic E-state index is 0. The molecule has 0 saturated heterocycles. The fourth-order valence-electron chi connectivity index (χ4n) is 3.22. The Labute approximate surface area is 203 Å². The number of nitrogens with two attached hydrogens (primary N) is 1. The van der Waals surface area contributed by atoms with Crippen molar-refractivity contribution in [1.82, 2.24) is 0 Å². The summed E-state index contributed by atoms with van der Waals surface area (Å²) in [5, 5.41) is 0. The number of carbonyl (C=O) groups is 2. The molecule has 0 fully saturated rings. The molecule has 5 nitrogen and oxygen atoms in total. The molecular formula is C29H36N2O3. The average Bonchev–Trinajstić information content (AvgIpc) is 2.78. The molecule has 3 rings (SSSR count). The van der Waals surface area contributed by atoms with Gasteiger partial charge in [0.1, 0.15) is 5.75 Å². The molecule has 0 aliphatic carbocycles. The maximum Gasteiger partial charge on any atom is 0.308 e. The summed E-state index contributed by atoms with van der Waals surface area (Å²) in [5.74, 6) is 0.0718. The number of nitrogens with zero attached hydrogens (tertiary/aromatic N) is 1. The van der Waals surface area contributed by atoms with E-state index in [-0.39, 0.29) is 23.3 Å². The predicted octanol–water partition coefficient (Wildman–Crippen LogP) is 6.29. The Morgan fingerprint density at radius 2 is 1.38 bits per heavy atom. The van der Waals surface area contributed by atoms with Crippen LogP contribution in [0.2, 0.25) is 0 Å². The minimum atomic E-state index is -0.341. The Balaban J connectivity index is 0.000000739. The topological polar surface area (TPSA) is 72.6 Å². The lowest BCUT2D eigenvalue weighted by Gasteiger charge is -2.26. The molecule has 0 aliphatic heterocycles. The van der Waals surface area contributed by atoms with E-state index in [1.807, 2.05) is 107 Å². The highest BCUT2D eigenvalue weighted by atomic mass is 16.5. The number of carbonyl (C=O) groups excluding carboxylic acids is 2. The van der Waals surface area contributed by atoms with Gasteiger partial charge in [-0.3, -0.25) is 14.5 Å². The molecule has 0 aliphatic rings. The van der Waals surface area contributed by atoms with E-state index in [1.165, 1.54) is 6.92 Å². The summed E-state index contributed by atoms with van der Waals surface area (Å²) in [4.78, 5) is 26.3. The van der Waals surface area contributed by atoms with Crippen LogP contribution in [0.15, 0.2) is 84.9 Å². The van der Waals surface area contributed by atoms with Gasteiger partial charge in [0, 0.05) is 29.8 Å². The summed E-state index contributed by atoms with van der Waals surface area (Å²) in [5.41, 5.74) is 8.10. The zero-order valence-corrected chi connectivity index (χ0v) is 20.8. The zero-order chi connectivity index (χ0) is 25.1. The maximum atomic E-state index is 13.3. The van der Waals surface area contributed by atoms with Gasteiger partial charge in [-0.2, -0.15) is 0 Å². The van der Waals surface area contributed by atoms with Gasteiger partial charge in [0.05, 0.1) is 0 Å². The van der Waals surface area contributed by atoms with Gasteiger partial charge in [-0.15, -0.1) is 0 Å². The second-order valence-electron chi connectivity index (χ2n) is 9.39. The second kappa shape index (κ2) is 12.7. The maximum absolute atomic E-state index is 13.3. The third kappa shape index (κ3) is 9.59. The highest BCUT2D eigenvalue weighted by molar-refractivity contribution is 6.01. The third-order valence-electron chi connectivity index (χ3n) is 4.70. The van der Waals surface area contributed by atoms with E-state index in [9.17, 15) is 9.59 Å². The van der Waals surface area contributed by atoms with Crippen LogP contribution in [0.1, 0.15) is 46.6 Å². The van der Waals surface area contributed by atoms with Crippen molar-refractivity contribution >= 4 is 23.3 Å². The highest BCUT2D eigenvalue weighted by Gasteiger charge is 2.23. The van der Waals surface area contributed by atoms with E-state index >= 15 is 0 Å². The van der Waals surface area contributed by atoms with Crippen molar-refractivity contribution in [2.45, 2.75) is 53.0 Å². The molecule has 5 heteroatoms. The molecule has 0 bridgehead atoms. The van der Waals surface area contributed by atoms with Crippen LogP contribution >= 0.6 is 0 Å². The number of ether oxygens (including phenoxy) is 1. The lowest BCUT2D eigenvalue weighted by molar-refractivity contribution is -0.131. The number of amides is 1. The van der Waals surface area contributed by atoms with E-state index in [0.717, 1.165) is 23.4 Å². The van der Waals surface area contributed by atoms with Gasteiger partial charge in [-0.25, -0.2) is 0 Å². The van der Waals surface area contributed by atoms with Gasteiger partial charge in [0.25, 0.3) is 0 Å². The first kappa shape index (κ1) is 26.8. The van der Waals surface area contributed by atoms with Crippen molar-refractivity contribution in [2.24, 2.45) is 11.7 Å². The fraction of sp³-hybridized carbons (Fsp3) is 0.310. The van der Waals surface area contributed by atoms with Gasteiger partial charge in [0.2, 0.25) is 5.91 Å². The van der Waals surface area contributed by atoms with Crippen molar-refractivity contribution < 1.29 is 14.3 Å². The molecule has 0 heterocycles. The largest absolute Gasteiger partial charge is 0.427 e. The Bertz CT molecular complexity index is 998. The SMILES string of the molecule is CC(=O)Oc1cccc(CCC(C)C(=O)N(c2ccccc2)c2ccccc2)c1.CC(C)(C)N. The van der Waals surface area contributed by atoms with Crippen molar-refractivity contribution in [3.05, 3.63) is 90.5 Å². The fourth-order valence-corrected chi connectivity index (χ4v) is 3.22. The molecule has 0 radical (unpaired) electrons. The quantitative estimate of drug-likeness (QED) is 0.332. The first-order valence-electron chi connectivity index (χ1n) is 11.5. The summed E-state index contributed by atoms with van der Waals surface area (Å²) >= 11 is 0. The molecule has 2 N–H and O–H groups in total. The number of rotatable bonds is 7. The van der Waals surface area contributed by atoms with E-state index in [2.05, 4.69) is 0 Å². The molecular weight excluding hydrogens is 424 g/mol. The molecule has 0 spiro atoms. The second-order valence-corrected chi connectivity index (χ2v) is 9.39. The Morgan fingerprint density at radius 1 is 0.882 bits per heavy atom. The van der Waals surface area contributed by atoms with Crippen LogP contribution in [0, 0.1) is 5.92 Å². The molecule has 0 aromatic heterocycles. The van der Waals surface area contributed by atoms with Gasteiger partial charge < -0.3 is 10.5 Å².